The zero-order chi connectivity index (χ0) is 55.7. The largest absolute Gasteiger partial charge is 0.466 e. The molecular weight excluding hydrogens is 947 g/mol. The summed E-state index contributed by atoms with van der Waals surface area (Å²) in [5.74, 6) is -0.0331. The fraction of sp³-hybridized carbons (Fsp3) is 0.915. The van der Waals surface area contributed by atoms with Gasteiger partial charge in [-0.15, -0.1) is 0 Å². The number of esters is 1. The van der Waals surface area contributed by atoms with E-state index in [0.29, 0.717) is 25.9 Å². The molecule has 2 atom stereocenters. The lowest BCUT2D eigenvalue weighted by molar-refractivity contribution is -0.143. The average Bonchev–Trinajstić information content (AvgIpc) is 3.43. The average molecular weight is 1080 g/mol. The minimum Gasteiger partial charge on any atom is -0.466 e. The molecule has 0 rings (SSSR count). The third-order valence-electron chi connectivity index (χ3n) is 16.5. The van der Waals surface area contributed by atoms with E-state index in [4.69, 9.17) is 4.74 Å². The van der Waals surface area contributed by atoms with E-state index in [1.165, 1.54) is 315 Å². The maximum absolute atomic E-state index is 12.5. The number of rotatable bonds is 66. The van der Waals surface area contributed by atoms with Gasteiger partial charge in [-0.2, -0.15) is 0 Å². The molecule has 0 aliphatic heterocycles. The van der Waals surface area contributed by atoms with E-state index < -0.39 is 12.1 Å². The first kappa shape index (κ1) is 75.3. The van der Waals surface area contributed by atoms with Gasteiger partial charge in [0.15, 0.2) is 0 Å². The van der Waals surface area contributed by atoms with Gasteiger partial charge in [0.1, 0.15) is 0 Å². The zero-order valence-corrected chi connectivity index (χ0v) is 52.2. The topological polar surface area (TPSA) is 95.9 Å². The third-order valence-corrected chi connectivity index (χ3v) is 16.5. The highest BCUT2D eigenvalue weighted by Gasteiger charge is 2.20. The van der Waals surface area contributed by atoms with Crippen molar-refractivity contribution in [2.75, 3.05) is 13.2 Å². The van der Waals surface area contributed by atoms with Crippen molar-refractivity contribution in [2.45, 2.75) is 405 Å². The number of aliphatic hydroxyl groups is 2. The molecule has 0 bridgehead atoms. The minimum absolute atomic E-state index is 0.00383. The second kappa shape index (κ2) is 66.8. The van der Waals surface area contributed by atoms with Crippen molar-refractivity contribution in [3.8, 4) is 0 Å². The first-order valence-corrected chi connectivity index (χ1v) is 35.1. The van der Waals surface area contributed by atoms with Crippen LogP contribution in [0.2, 0.25) is 0 Å². The highest BCUT2D eigenvalue weighted by atomic mass is 16.5. The smallest absolute Gasteiger partial charge is 0.305 e. The molecule has 0 aliphatic carbocycles. The van der Waals surface area contributed by atoms with E-state index in [9.17, 15) is 19.8 Å². The van der Waals surface area contributed by atoms with E-state index in [0.717, 1.165) is 44.9 Å². The van der Waals surface area contributed by atoms with Crippen LogP contribution in [0.1, 0.15) is 393 Å². The van der Waals surface area contributed by atoms with E-state index in [1.54, 1.807) is 0 Å². The first-order chi connectivity index (χ1) is 38.0. The Morgan fingerprint density at radius 3 is 0.922 bits per heavy atom. The summed E-state index contributed by atoms with van der Waals surface area (Å²) in [6, 6.07) is -0.547. The molecule has 0 spiro atoms. The molecule has 0 radical (unpaired) electrons. The van der Waals surface area contributed by atoms with E-state index >= 15 is 0 Å². The van der Waals surface area contributed by atoms with Gasteiger partial charge in [0, 0.05) is 12.8 Å². The Bertz CT molecular complexity index is 1200. The summed E-state index contributed by atoms with van der Waals surface area (Å²) in [7, 11) is 0. The van der Waals surface area contributed by atoms with Gasteiger partial charge >= 0.3 is 5.97 Å². The molecular formula is C71H137NO5. The second-order valence-corrected chi connectivity index (χ2v) is 24.2. The molecule has 0 saturated carbocycles. The molecule has 0 aromatic carbocycles. The van der Waals surface area contributed by atoms with Gasteiger partial charge in [-0.3, -0.25) is 9.59 Å². The summed E-state index contributed by atoms with van der Waals surface area (Å²) in [6.07, 6.45) is 83.6. The second-order valence-electron chi connectivity index (χ2n) is 24.2. The summed E-state index contributed by atoms with van der Waals surface area (Å²) < 4.78 is 5.48. The molecule has 456 valence electrons. The fourth-order valence-corrected chi connectivity index (χ4v) is 11.1. The molecule has 0 heterocycles. The number of hydrogen-bond donors (Lipinski definition) is 3. The normalized spacial score (nSPS) is 12.6. The Morgan fingerprint density at radius 2 is 0.610 bits per heavy atom. The van der Waals surface area contributed by atoms with Crippen LogP contribution < -0.4 is 5.32 Å². The van der Waals surface area contributed by atoms with Crippen LogP contribution in [0.4, 0.5) is 0 Å². The van der Waals surface area contributed by atoms with Crippen LogP contribution in [0.5, 0.6) is 0 Å². The summed E-state index contributed by atoms with van der Waals surface area (Å²) in [5.41, 5.74) is 0. The number of hydrogen-bond acceptors (Lipinski definition) is 5. The Hall–Kier alpha value is -1.66. The molecule has 3 N–H and O–H groups in total. The van der Waals surface area contributed by atoms with Gasteiger partial charge in [-0.25, -0.2) is 0 Å². The van der Waals surface area contributed by atoms with Crippen LogP contribution in [-0.4, -0.2) is 47.4 Å². The number of amides is 1. The molecule has 77 heavy (non-hydrogen) atoms. The van der Waals surface area contributed by atoms with Crippen molar-refractivity contribution in [2.24, 2.45) is 0 Å². The van der Waals surface area contributed by atoms with Crippen molar-refractivity contribution in [1.29, 1.82) is 0 Å². The molecule has 1 amide bonds. The molecule has 0 aliphatic rings. The van der Waals surface area contributed by atoms with Crippen molar-refractivity contribution in [3.63, 3.8) is 0 Å². The van der Waals surface area contributed by atoms with Crippen LogP contribution in [0.3, 0.4) is 0 Å². The van der Waals surface area contributed by atoms with Gasteiger partial charge in [-0.05, 0) is 77.0 Å². The van der Waals surface area contributed by atoms with Crippen LogP contribution >= 0.6 is 0 Å². The van der Waals surface area contributed by atoms with Crippen molar-refractivity contribution in [3.05, 3.63) is 24.3 Å². The zero-order valence-electron chi connectivity index (χ0n) is 52.2. The van der Waals surface area contributed by atoms with Gasteiger partial charge in [0.05, 0.1) is 25.4 Å². The standard InChI is InChI=1S/C71H137NO5/c1-3-5-7-9-11-13-15-17-19-20-21-22-24-27-30-33-36-39-43-47-51-55-59-63-69(74)68(67-73)72-70(75)64-60-56-52-48-44-40-37-34-31-28-25-23-26-29-32-35-38-42-46-50-54-58-62-66-77-71(76)65-61-57-53-49-45-41-18-16-14-12-10-8-6-4-2/h16,18,28,31,68-69,73-74H,3-15,17,19-27,29-30,32-67H2,1-2H3,(H,72,75)/b18-16-,31-28-. The quantitative estimate of drug-likeness (QED) is 0.0320. The van der Waals surface area contributed by atoms with Crippen LogP contribution in [-0.2, 0) is 14.3 Å². The minimum atomic E-state index is -0.670. The first-order valence-electron chi connectivity index (χ1n) is 35.1. The van der Waals surface area contributed by atoms with Gasteiger partial charge in [-0.1, -0.05) is 327 Å². The SMILES string of the molecule is CCCCCCC/C=C\CCCCCCCC(=O)OCCCCCCCCCCCCCC/C=C\CCCCCCCCCC(=O)NC(CO)C(O)CCCCCCCCCCCCCCCCCCCCCCCCC. The van der Waals surface area contributed by atoms with Gasteiger partial charge in [0.25, 0.3) is 0 Å². The summed E-state index contributed by atoms with van der Waals surface area (Å²) in [6.45, 7) is 4.97. The predicted octanol–water partition coefficient (Wildman–Crippen LogP) is 22.5. The van der Waals surface area contributed by atoms with Gasteiger partial charge in [0.2, 0.25) is 5.91 Å². The Labute approximate surface area is 481 Å². The number of nitrogens with one attached hydrogen (secondary N) is 1. The van der Waals surface area contributed by atoms with E-state index in [2.05, 4.69) is 43.5 Å². The lowest BCUT2D eigenvalue weighted by Gasteiger charge is -2.22. The number of unbranched alkanes of at least 4 members (excludes halogenated alkanes) is 51. The molecule has 6 nitrogen and oxygen atoms in total. The molecule has 0 saturated heterocycles. The lowest BCUT2D eigenvalue weighted by Crippen LogP contribution is -2.45. The van der Waals surface area contributed by atoms with E-state index in [-0.39, 0.29) is 18.5 Å². The fourth-order valence-electron chi connectivity index (χ4n) is 11.1. The predicted molar refractivity (Wildman–Crippen MR) is 338 cm³/mol. The molecule has 0 aromatic rings. The molecule has 2 unspecified atom stereocenters. The lowest BCUT2D eigenvalue weighted by atomic mass is 10.0. The van der Waals surface area contributed by atoms with Crippen molar-refractivity contribution >= 4 is 11.9 Å². The van der Waals surface area contributed by atoms with Crippen LogP contribution in [0, 0.1) is 0 Å². The maximum Gasteiger partial charge on any atom is 0.305 e. The van der Waals surface area contributed by atoms with Crippen LogP contribution in [0.15, 0.2) is 24.3 Å². The van der Waals surface area contributed by atoms with Crippen LogP contribution in [0.25, 0.3) is 0 Å². The molecule has 6 heteroatoms. The van der Waals surface area contributed by atoms with E-state index in [1.807, 2.05) is 0 Å². The summed E-state index contributed by atoms with van der Waals surface area (Å²) >= 11 is 0. The Morgan fingerprint density at radius 1 is 0.351 bits per heavy atom. The van der Waals surface area contributed by atoms with Gasteiger partial charge < -0.3 is 20.3 Å². The van der Waals surface area contributed by atoms with Crippen molar-refractivity contribution < 1.29 is 24.5 Å². The summed E-state index contributed by atoms with van der Waals surface area (Å²) in [5, 5.41) is 23.4. The monoisotopic (exact) mass is 1080 g/mol. The number of carbonyl (C=O) groups excluding carboxylic acids is 2. The van der Waals surface area contributed by atoms with Crippen molar-refractivity contribution in [1.82, 2.24) is 5.32 Å². The number of aliphatic hydroxyl groups excluding tert-OH is 2. The highest BCUT2D eigenvalue weighted by molar-refractivity contribution is 5.76. The number of ether oxygens (including phenoxy) is 1. The Balaban J connectivity index is 3.41. The third kappa shape index (κ3) is 63.4. The summed E-state index contributed by atoms with van der Waals surface area (Å²) in [4.78, 5) is 24.6. The maximum atomic E-state index is 12.5. The molecule has 0 fully saturated rings. The Kier molecular flexibility index (Phi) is 65.4. The number of allylic oxidation sites excluding steroid dienone is 4. The number of carbonyl (C=O) groups is 2. The highest BCUT2D eigenvalue weighted by Crippen LogP contribution is 2.19. The molecule has 0 aromatic heterocycles.